The Hall–Kier alpha value is -3.23. The van der Waals surface area contributed by atoms with Gasteiger partial charge in [0.2, 0.25) is 0 Å². The second-order valence-corrected chi connectivity index (χ2v) is 4.40. The van der Waals surface area contributed by atoms with E-state index in [1.807, 2.05) is 0 Å². The molecule has 0 fully saturated rings. The van der Waals surface area contributed by atoms with Crippen LogP contribution in [0.15, 0.2) is 40.4 Å². The molecule has 1 N–H and O–H groups in total. The van der Waals surface area contributed by atoms with Crippen LogP contribution in [0.5, 0.6) is 0 Å². The van der Waals surface area contributed by atoms with Crippen molar-refractivity contribution in [1.29, 1.82) is 0 Å². The Morgan fingerprint density at radius 2 is 2.10 bits per heavy atom. The Labute approximate surface area is 116 Å². The summed E-state index contributed by atoms with van der Waals surface area (Å²) in [5.41, 5.74) is -0.893. The van der Waals surface area contributed by atoms with E-state index in [-0.39, 0.29) is 16.9 Å². The lowest BCUT2D eigenvalue weighted by molar-refractivity contribution is -0.384. The van der Waals surface area contributed by atoms with E-state index >= 15 is 0 Å². The lowest BCUT2D eigenvalue weighted by Gasteiger charge is -2.08. The Morgan fingerprint density at radius 1 is 1.33 bits per heavy atom. The van der Waals surface area contributed by atoms with E-state index in [4.69, 9.17) is 0 Å². The fourth-order valence-electron chi connectivity index (χ4n) is 2.14. The zero-order valence-electron chi connectivity index (χ0n) is 10.8. The highest BCUT2D eigenvalue weighted by Crippen LogP contribution is 2.26. The van der Waals surface area contributed by atoms with Crippen LogP contribution in [0.25, 0.3) is 16.7 Å². The normalized spacial score (nSPS) is 10.9. The van der Waals surface area contributed by atoms with Crippen LogP contribution in [-0.4, -0.2) is 24.0 Å². The van der Waals surface area contributed by atoms with Gasteiger partial charge >= 0.3 is 11.1 Å². The maximum Gasteiger partial charge on any atom is 0.316 e. The number of fused-ring (bicyclic) bond motifs is 1. The van der Waals surface area contributed by atoms with Gasteiger partial charge in [0.25, 0.3) is 5.69 Å². The third-order valence-electron chi connectivity index (χ3n) is 3.18. The van der Waals surface area contributed by atoms with Crippen LogP contribution in [0.2, 0.25) is 0 Å². The molecule has 0 amide bonds. The van der Waals surface area contributed by atoms with Gasteiger partial charge in [-0.1, -0.05) is 0 Å². The number of H-pyrrole nitrogens is 1. The van der Waals surface area contributed by atoms with Crippen molar-refractivity contribution in [3.63, 3.8) is 0 Å². The molecule has 0 atom stereocenters. The summed E-state index contributed by atoms with van der Waals surface area (Å²) < 4.78 is 2.54. The number of nitro groups is 1. The number of rotatable bonds is 2. The van der Waals surface area contributed by atoms with Gasteiger partial charge in [-0.15, -0.1) is 0 Å². The first-order valence-corrected chi connectivity index (χ1v) is 5.89. The van der Waals surface area contributed by atoms with E-state index in [2.05, 4.69) is 9.97 Å². The van der Waals surface area contributed by atoms with Crippen molar-refractivity contribution in [1.82, 2.24) is 19.1 Å². The van der Waals surface area contributed by atoms with Crippen molar-refractivity contribution in [3.8, 4) is 5.69 Å². The molecule has 0 bridgehead atoms. The summed E-state index contributed by atoms with van der Waals surface area (Å²) in [5, 5.41) is 11.2. The van der Waals surface area contributed by atoms with Crippen LogP contribution in [0.4, 0.5) is 5.69 Å². The fourth-order valence-corrected chi connectivity index (χ4v) is 2.14. The van der Waals surface area contributed by atoms with Gasteiger partial charge in [-0.3, -0.25) is 19.7 Å². The van der Waals surface area contributed by atoms with Crippen molar-refractivity contribution in [2.75, 3.05) is 0 Å². The van der Waals surface area contributed by atoms with Crippen molar-refractivity contribution in [2.45, 2.75) is 0 Å². The van der Waals surface area contributed by atoms with E-state index in [0.29, 0.717) is 5.52 Å². The second kappa shape index (κ2) is 4.40. The highest BCUT2D eigenvalue weighted by atomic mass is 16.6. The largest absolute Gasteiger partial charge is 0.316 e. The zero-order chi connectivity index (χ0) is 15.1. The van der Waals surface area contributed by atoms with Gasteiger partial charge in [0.05, 0.1) is 22.3 Å². The quantitative estimate of drug-likeness (QED) is 0.414. The Bertz CT molecular complexity index is 968. The predicted octanol–water partition coefficient (Wildman–Crippen LogP) is 0.321. The Kier molecular flexibility index (Phi) is 2.68. The number of hydrogen-bond acceptors (Lipinski definition) is 5. The first-order chi connectivity index (χ1) is 9.99. The van der Waals surface area contributed by atoms with Gasteiger partial charge < -0.3 is 14.1 Å². The third kappa shape index (κ3) is 1.91. The molecule has 1 aromatic carbocycles. The summed E-state index contributed by atoms with van der Waals surface area (Å²) in [6.07, 6.45) is 4.44. The van der Waals surface area contributed by atoms with E-state index in [1.54, 1.807) is 6.20 Å². The topological polar surface area (TPSA) is 116 Å². The van der Waals surface area contributed by atoms with Crippen molar-refractivity contribution >= 4 is 16.7 Å². The van der Waals surface area contributed by atoms with E-state index in [0.717, 1.165) is 4.57 Å². The lowest BCUT2D eigenvalue weighted by atomic mass is 10.2. The van der Waals surface area contributed by atoms with Gasteiger partial charge in [0.15, 0.2) is 0 Å². The number of nitrogens with one attached hydrogen (secondary N) is 1. The number of aromatic amines is 1. The van der Waals surface area contributed by atoms with Crippen LogP contribution < -0.4 is 11.1 Å². The molecular weight excluding hydrogens is 278 g/mol. The summed E-state index contributed by atoms with van der Waals surface area (Å²) in [6, 6.07) is 2.69. The molecule has 0 aliphatic rings. The summed E-state index contributed by atoms with van der Waals surface area (Å²) in [4.78, 5) is 40.1. The predicted molar refractivity (Wildman–Crippen MR) is 73.6 cm³/mol. The summed E-state index contributed by atoms with van der Waals surface area (Å²) in [5.74, 6) is 0. The number of benzene rings is 1. The molecule has 0 saturated heterocycles. The number of imidazole rings is 1. The van der Waals surface area contributed by atoms with Crippen LogP contribution in [-0.2, 0) is 7.05 Å². The number of aryl methyl sites for hydroxylation is 1. The van der Waals surface area contributed by atoms with E-state index in [9.17, 15) is 19.7 Å². The first-order valence-electron chi connectivity index (χ1n) is 5.89. The molecule has 0 aliphatic carbocycles. The fraction of sp³-hybridized carbons (Fsp3) is 0.0833. The van der Waals surface area contributed by atoms with E-state index in [1.165, 1.54) is 36.3 Å². The summed E-state index contributed by atoms with van der Waals surface area (Å²) >= 11 is 0. The lowest BCUT2D eigenvalue weighted by Crippen LogP contribution is -2.34. The monoisotopic (exact) mass is 287 g/mol. The van der Waals surface area contributed by atoms with Crippen molar-refractivity contribution < 1.29 is 4.92 Å². The zero-order valence-corrected chi connectivity index (χ0v) is 10.8. The van der Waals surface area contributed by atoms with Gasteiger partial charge in [0.1, 0.15) is 5.69 Å². The molecule has 0 spiro atoms. The van der Waals surface area contributed by atoms with Crippen molar-refractivity contribution in [3.05, 3.63) is 61.7 Å². The number of nitro benzene ring substituents is 1. The SMILES string of the molecule is Cn1c(=O)c(=O)[nH]c2cc(-n3ccnc3)c([N+](=O)[O-])cc21. The minimum absolute atomic E-state index is 0.192. The van der Waals surface area contributed by atoms with Crippen LogP contribution in [0, 0.1) is 10.1 Å². The molecular formula is C12H9N5O4. The second-order valence-electron chi connectivity index (χ2n) is 4.40. The standard InChI is InChI=1S/C12H9N5O4/c1-15-8-5-10(17(20)21)9(16-3-2-13-6-16)4-7(8)14-11(18)12(15)19/h2-6H,1H3,(H,14,18). The number of aromatic nitrogens is 4. The van der Waals surface area contributed by atoms with Crippen LogP contribution in [0.3, 0.4) is 0 Å². The molecule has 3 rings (SSSR count). The average molecular weight is 287 g/mol. The smallest absolute Gasteiger partial charge is 0.316 e. The number of nitrogens with zero attached hydrogens (tertiary/aromatic N) is 4. The van der Waals surface area contributed by atoms with Gasteiger partial charge in [-0.2, -0.15) is 0 Å². The Morgan fingerprint density at radius 3 is 2.71 bits per heavy atom. The van der Waals surface area contributed by atoms with Crippen LogP contribution in [0.1, 0.15) is 0 Å². The maximum absolute atomic E-state index is 11.6. The minimum Gasteiger partial charge on any atom is -0.316 e. The molecule has 2 heterocycles. The maximum atomic E-state index is 11.6. The first kappa shape index (κ1) is 12.8. The molecule has 0 aliphatic heterocycles. The highest BCUT2D eigenvalue weighted by molar-refractivity contribution is 5.82. The number of hydrogen-bond donors (Lipinski definition) is 1. The molecule has 21 heavy (non-hydrogen) atoms. The molecule has 0 unspecified atom stereocenters. The molecule has 3 aromatic rings. The highest BCUT2D eigenvalue weighted by Gasteiger charge is 2.18. The molecule has 0 saturated carbocycles. The van der Waals surface area contributed by atoms with Gasteiger partial charge in [0, 0.05) is 25.5 Å². The molecule has 9 nitrogen and oxygen atoms in total. The minimum atomic E-state index is -0.782. The molecule has 9 heteroatoms. The molecule has 2 aromatic heterocycles. The summed E-state index contributed by atoms with van der Waals surface area (Å²) in [7, 11) is 1.39. The van der Waals surface area contributed by atoms with Crippen LogP contribution >= 0.6 is 0 Å². The van der Waals surface area contributed by atoms with Gasteiger partial charge in [-0.25, -0.2) is 4.98 Å². The Balaban J connectivity index is 2.47. The van der Waals surface area contributed by atoms with Gasteiger partial charge in [-0.05, 0) is 6.07 Å². The van der Waals surface area contributed by atoms with Crippen molar-refractivity contribution in [2.24, 2.45) is 7.05 Å². The molecule has 106 valence electrons. The molecule has 0 radical (unpaired) electrons. The summed E-state index contributed by atoms with van der Waals surface area (Å²) in [6.45, 7) is 0. The third-order valence-corrected chi connectivity index (χ3v) is 3.18. The average Bonchev–Trinajstić information content (AvgIpc) is 2.97. The van der Waals surface area contributed by atoms with E-state index < -0.39 is 16.0 Å².